The summed E-state index contributed by atoms with van der Waals surface area (Å²) in [5, 5.41) is 6.17. The molecule has 1 aromatic carbocycles. The number of ether oxygens (including phenoxy) is 2. The van der Waals surface area contributed by atoms with Crippen LogP contribution in [0.4, 0.5) is 11.5 Å². The molecule has 2 aromatic rings. The standard InChI is InChI=1S/C19H24N4O3/c1-25-14-8-9-17(26-2)15(10-14)23-19(24)16-11-21-18(12-20-16)22-13-6-4-3-5-7-13/h8-13H,3-7H2,1-2H3,(H,21,22)(H,23,24). The first-order valence-electron chi connectivity index (χ1n) is 8.81. The second-order valence-corrected chi connectivity index (χ2v) is 6.29. The number of benzene rings is 1. The lowest BCUT2D eigenvalue weighted by atomic mass is 9.96. The van der Waals surface area contributed by atoms with E-state index in [2.05, 4.69) is 20.6 Å². The van der Waals surface area contributed by atoms with Crippen molar-refractivity contribution in [3.63, 3.8) is 0 Å². The Balaban J connectivity index is 1.66. The molecule has 0 atom stereocenters. The lowest BCUT2D eigenvalue weighted by molar-refractivity contribution is 0.102. The number of rotatable bonds is 6. The van der Waals surface area contributed by atoms with Crippen molar-refractivity contribution in [1.29, 1.82) is 0 Å². The van der Waals surface area contributed by atoms with Gasteiger partial charge in [0.15, 0.2) is 0 Å². The number of aromatic nitrogens is 2. The Morgan fingerprint density at radius 2 is 1.88 bits per heavy atom. The molecule has 1 aliphatic carbocycles. The van der Waals surface area contributed by atoms with Gasteiger partial charge in [-0.1, -0.05) is 19.3 Å². The van der Waals surface area contributed by atoms with Crippen molar-refractivity contribution < 1.29 is 14.3 Å². The van der Waals surface area contributed by atoms with Gasteiger partial charge < -0.3 is 20.1 Å². The largest absolute Gasteiger partial charge is 0.497 e. The van der Waals surface area contributed by atoms with Crippen molar-refractivity contribution in [3.8, 4) is 11.5 Å². The molecule has 1 saturated carbocycles. The molecule has 1 aliphatic rings. The highest BCUT2D eigenvalue weighted by Crippen LogP contribution is 2.29. The third-order valence-corrected chi connectivity index (χ3v) is 4.50. The number of carbonyl (C=O) groups is 1. The van der Waals surface area contributed by atoms with Gasteiger partial charge in [0.2, 0.25) is 0 Å². The van der Waals surface area contributed by atoms with Gasteiger partial charge in [0, 0.05) is 12.1 Å². The highest BCUT2D eigenvalue weighted by molar-refractivity contribution is 6.03. The Labute approximate surface area is 153 Å². The van der Waals surface area contributed by atoms with Crippen molar-refractivity contribution in [2.75, 3.05) is 24.9 Å². The minimum atomic E-state index is -0.353. The molecule has 0 unspecified atom stereocenters. The first-order chi connectivity index (χ1) is 12.7. The van der Waals surface area contributed by atoms with Gasteiger partial charge in [-0.3, -0.25) is 4.79 Å². The molecule has 7 heteroatoms. The zero-order chi connectivity index (χ0) is 18.4. The Bertz CT molecular complexity index is 743. The first-order valence-corrected chi connectivity index (χ1v) is 8.81. The Kier molecular flexibility index (Phi) is 5.88. The summed E-state index contributed by atoms with van der Waals surface area (Å²) in [6.45, 7) is 0. The quantitative estimate of drug-likeness (QED) is 0.824. The summed E-state index contributed by atoms with van der Waals surface area (Å²) in [4.78, 5) is 21.0. The molecule has 7 nitrogen and oxygen atoms in total. The van der Waals surface area contributed by atoms with Crippen LogP contribution in [0, 0.1) is 0 Å². The van der Waals surface area contributed by atoms with Crippen LogP contribution < -0.4 is 20.1 Å². The lowest BCUT2D eigenvalue weighted by Crippen LogP contribution is -2.23. The second kappa shape index (κ2) is 8.51. The predicted molar refractivity (Wildman–Crippen MR) is 100 cm³/mol. The maximum absolute atomic E-state index is 12.5. The van der Waals surface area contributed by atoms with Crippen molar-refractivity contribution in [3.05, 3.63) is 36.3 Å². The zero-order valence-electron chi connectivity index (χ0n) is 15.1. The van der Waals surface area contributed by atoms with E-state index in [-0.39, 0.29) is 11.6 Å². The number of methoxy groups -OCH3 is 2. The van der Waals surface area contributed by atoms with Crippen LogP contribution in [0.1, 0.15) is 42.6 Å². The smallest absolute Gasteiger partial charge is 0.275 e. The van der Waals surface area contributed by atoms with Crippen molar-refractivity contribution in [2.45, 2.75) is 38.1 Å². The molecule has 0 bridgehead atoms. The molecule has 3 rings (SSSR count). The minimum Gasteiger partial charge on any atom is -0.497 e. The normalized spacial score (nSPS) is 14.5. The van der Waals surface area contributed by atoms with E-state index in [1.54, 1.807) is 38.6 Å². The molecule has 1 aromatic heterocycles. The van der Waals surface area contributed by atoms with E-state index >= 15 is 0 Å². The first kappa shape index (κ1) is 18.0. The summed E-state index contributed by atoms with van der Waals surface area (Å²) in [6, 6.07) is 5.64. The van der Waals surface area contributed by atoms with Crippen molar-refractivity contribution >= 4 is 17.4 Å². The predicted octanol–water partition coefficient (Wildman–Crippen LogP) is 3.49. The van der Waals surface area contributed by atoms with Crippen LogP contribution in [0.3, 0.4) is 0 Å². The number of anilines is 2. The molecule has 2 N–H and O–H groups in total. The molecule has 1 heterocycles. The van der Waals surface area contributed by atoms with Gasteiger partial charge in [-0.05, 0) is 25.0 Å². The van der Waals surface area contributed by atoms with Gasteiger partial charge in [0.25, 0.3) is 5.91 Å². The van der Waals surface area contributed by atoms with Crippen LogP contribution in [-0.2, 0) is 0 Å². The molecule has 1 amide bonds. The van der Waals surface area contributed by atoms with Crippen molar-refractivity contribution in [1.82, 2.24) is 9.97 Å². The van der Waals surface area contributed by atoms with Gasteiger partial charge >= 0.3 is 0 Å². The summed E-state index contributed by atoms with van der Waals surface area (Å²) >= 11 is 0. The van der Waals surface area contributed by atoms with Crippen LogP contribution in [0.15, 0.2) is 30.6 Å². The van der Waals surface area contributed by atoms with Crippen LogP contribution in [0.5, 0.6) is 11.5 Å². The molecule has 138 valence electrons. The third kappa shape index (κ3) is 4.41. The number of nitrogens with one attached hydrogen (secondary N) is 2. The van der Waals surface area contributed by atoms with Crippen LogP contribution >= 0.6 is 0 Å². The number of nitrogens with zero attached hydrogens (tertiary/aromatic N) is 2. The fraction of sp³-hybridized carbons (Fsp3) is 0.421. The number of carbonyl (C=O) groups excluding carboxylic acids is 1. The maximum atomic E-state index is 12.5. The molecule has 26 heavy (non-hydrogen) atoms. The van der Waals surface area contributed by atoms with E-state index in [0.717, 1.165) is 12.8 Å². The summed E-state index contributed by atoms with van der Waals surface area (Å²) in [5.74, 6) is 1.52. The van der Waals surface area contributed by atoms with Gasteiger partial charge in [0.1, 0.15) is 23.0 Å². The highest BCUT2D eigenvalue weighted by atomic mass is 16.5. The van der Waals surface area contributed by atoms with E-state index < -0.39 is 0 Å². The van der Waals surface area contributed by atoms with Gasteiger partial charge in [-0.15, -0.1) is 0 Å². The number of amides is 1. The van der Waals surface area contributed by atoms with Crippen LogP contribution in [0.2, 0.25) is 0 Å². The molecule has 0 radical (unpaired) electrons. The van der Waals surface area contributed by atoms with Gasteiger partial charge in [-0.25, -0.2) is 9.97 Å². The highest BCUT2D eigenvalue weighted by Gasteiger charge is 2.15. The van der Waals surface area contributed by atoms with Crippen LogP contribution in [0.25, 0.3) is 0 Å². The molecule has 1 fully saturated rings. The molecule has 0 spiro atoms. The zero-order valence-corrected chi connectivity index (χ0v) is 15.1. The summed E-state index contributed by atoms with van der Waals surface area (Å²) in [6.07, 6.45) is 9.18. The van der Waals surface area contributed by atoms with Crippen molar-refractivity contribution in [2.24, 2.45) is 0 Å². The maximum Gasteiger partial charge on any atom is 0.275 e. The van der Waals surface area contributed by atoms with Gasteiger partial charge in [0.05, 0.1) is 32.3 Å². The Hall–Kier alpha value is -2.83. The molecule has 0 saturated heterocycles. The average molecular weight is 356 g/mol. The lowest BCUT2D eigenvalue weighted by Gasteiger charge is -2.23. The van der Waals surface area contributed by atoms with E-state index in [9.17, 15) is 4.79 Å². The van der Waals surface area contributed by atoms with Gasteiger partial charge in [-0.2, -0.15) is 0 Å². The minimum absolute atomic E-state index is 0.240. The third-order valence-electron chi connectivity index (χ3n) is 4.50. The summed E-state index contributed by atoms with van der Waals surface area (Å²) in [5.41, 5.74) is 0.757. The Morgan fingerprint density at radius 1 is 1.08 bits per heavy atom. The number of hydrogen-bond donors (Lipinski definition) is 2. The summed E-state index contributed by atoms with van der Waals surface area (Å²) < 4.78 is 10.5. The monoisotopic (exact) mass is 356 g/mol. The SMILES string of the molecule is COc1ccc(OC)c(NC(=O)c2cnc(NC3CCCCC3)cn2)c1. The van der Waals surface area contributed by atoms with E-state index in [1.165, 1.54) is 25.5 Å². The topological polar surface area (TPSA) is 85.4 Å². The molecule has 0 aliphatic heterocycles. The average Bonchev–Trinajstić information content (AvgIpc) is 2.69. The van der Waals surface area contributed by atoms with Crippen LogP contribution in [-0.4, -0.2) is 36.1 Å². The van der Waals surface area contributed by atoms with E-state index in [0.29, 0.717) is 29.0 Å². The van der Waals surface area contributed by atoms with E-state index in [1.807, 2.05) is 0 Å². The number of hydrogen-bond acceptors (Lipinski definition) is 6. The fourth-order valence-corrected chi connectivity index (χ4v) is 3.07. The fourth-order valence-electron chi connectivity index (χ4n) is 3.07. The molecular formula is C19H24N4O3. The summed E-state index contributed by atoms with van der Waals surface area (Å²) in [7, 11) is 3.11. The van der Waals surface area contributed by atoms with E-state index in [4.69, 9.17) is 9.47 Å². The second-order valence-electron chi connectivity index (χ2n) is 6.29. The Morgan fingerprint density at radius 3 is 2.54 bits per heavy atom. The molecular weight excluding hydrogens is 332 g/mol.